The predicted molar refractivity (Wildman–Crippen MR) is 91.0 cm³/mol. The maximum Gasteiger partial charge on any atom is 0.270 e. The molecule has 2 aromatic carbocycles. The van der Waals surface area contributed by atoms with E-state index in [2.05, 4.69) is 27.9 Å². The molecule has 0 aliphatic carbocycles. The summed E-state index contributed by atoms with van der Waals surface area (Å²) in [7, 11) is 1.66. The highest BCUT2D eigenvalue weighted by molar-refractivity contribution is 14.1. The minimum atomic E-state index is -0.388. The zero-order valence-corrected chi connectivity index (χ0v) is 13.7. The summed E-state index contributed by atoms with van der Waals surface area (Å²) in [5.74, 6) is 0.873. The van der Waals surface area contributed by atoms with Gasteiger partial charge in [0.1, 0.15) is 5.75 Å². The Morgan fingerprint density at radius 3 is 2.71 bits per heavy atom. The molecule has 0 aliphatic rings. The highest BCUT2D eigenvalue weighted by Crippen LogP contribution is 2.24. The number of hydrogen-bond donors (Lipinski definition) is 1. The Kier molecular flexibility index (Phi) is 5.38. The van der Waals surface area contributed by atoms with E-state index in [1.807, 2.05) is 24.3 Å². The number of hydrogen-bond acceptors (Lipinski definition) is 4. The van der Waals surface area contributed by atoms with E-state index >= 15 is 0 Å². The third kappa shape index (κ3) is 4.07. The van der Waals surface area contributed by atoms with Crippen molar-refractivity contribution in [2.75, 3.05) is 19.0 Å². The first-order chi connectivity index (χ1) is 10.1. The van der Waals surface area contributed by atoms with Crippen LogP contribution in [0.1, 0.15) is 5.56 Å². The fraction of sp³-hybridized carbons (Fsp3) is 0.200. The SMILES string of the molecule is COc1ccccc1CCNc1ccc([N+](=O)[O-])cc1I. The number of methoxy groups -OCH3 is 1. The average Bonchev–Trinajstić information content (AvgIpc) is 2.49. The summed E-state index contributed by atoms with van der Waals surface area (Å²) in [4.78, 5) is 10.3. The van der Waals surface area contributed by atoms with Crippen molar-refractivity contribution in [2.45, 2.75) is 6.42 Å². The molecule has 0 unspecified atom stereocenters. The third-order valence-electron chi connectivity index (χ3n) is 3.07. The van der Waals surface area contributed by atoms with Gasteiger partial charge in [0.2, 0.25) is 0 Å². The van der Waals surface area contributed by atoms with E-state index in [1.165, 1.54) is 6.07 Å². The maximum atomic E-state index is 10.7. The second-order valence-corrected chi connectivity index (χ2v) is 5.57. The number of nitro groups is 1. The van der Waals surface area contributed by atoms with E-state index in [-0.39, 0.29) is 10.6 Å². The van der Waals surface area contributed by atoms with E-state index in [9.17, 15) is 10.1 Å². The second kappa shape index (κ2) is 7.26. The van der Waals surface area contributed by atoms with Crippen molar-refractivity contribution < 1.29 is 9.66 Å². The van der Waals surface area contributed by atoms with Crippen molar-refractivity contribution >= 4 is 34.0 Å². The summed E-state index contributed by atoms with van der Waals surface area (Å²) in [5, 5.41) is 14.0. The maximum absolute atomic E-state index is 10.7. The lowest BCUT2D eigenvalue weighted by molar-refractivity contribution is -0.384. The van der Waals surface area contributed by atoms with Crippen LogP contribution in [-0.4, -0.2) is 18.6 Å². The van der Waals surface area contributed by atoms with E-state index in [4.69, 9.17) is 4.74 Å². The highest BCUT2D eigenvalue weighted by Gasteiger charge is 2.09. The molecule has 6 heteroatoms. The minimum absolute atomic E-state index is 0.106. The summed E-state index contributed by atoms with van der Waals surface area (Å²) in [6, 6.07) is 12.7. The zero-order chi connectivity index (χ0) is 15.2. The van der Waals surface area contributed by atoms with Gasteiger partial charge in [0.25, 0.3) is 5.69 Å². The molecule has 110 valence electrons. The smallest absolute Gasteiger partial charge is 0.270 e. The predicted octanol–water partition coefficient (Wildman–Crippen LogP) is 3.86. The molecule has 1 N–H and O–H groups in total. The van der Waals surface area contributed by atoms with Crippen molar-refractivity contribution in [3.8, 4) is 5.75 Å². The lowest BCUT2D eigenvalue weighted by Gasteiger charge is -2.11. The molecule has 0 fully saturated rings. The van der Waals surface area contributed by atoms with E-state index in [1.54, 1.807) is 19.2 Å². The van der Waals surface area contributed by atoms with Gasteiger partial charge in [-0.3, -0.25) is 10.1 Å². The van der Waals surface area contributed by atoms with Crippen LogP contribution in [0, 0.1) is 13.7 Å². The summed E-state index contributed by atoms with van der Waals surface area (Å²) < 4.78 is 6.14. The number of para-hydroxylation sites is 1. The largest absolute Gasteiger partial charge is 0.496 e. The van der Waals surface area contributed by atoms with Gasteiger partial charge in [-0.2, -0.15) is 0 Å². The summed E-state index contributed by atoms with van der Waals surface area (Å²) >= 11 is 2.10. The summed E-state index contributed by atoms with van der Waals surface area (Å²) in [6.07, 6.45) is 0.817. The Labute approximate surface area is 136 Å². The molecule has 0 radical (unpaired) electrons. The van der Waals surface area contributed by atoms with Crippen LogP contribution in [0.25, 0.3) is 0 Å². The molecule has 0 saturated carbocycles. The molecule has 0 heterocycles. The molecule has 5 nitrogen and oxygen atoms in total. The lowest BCUT2D eigenvalue weighted by atomic mass is 10.1. The third-order valence-corrected chi connectivity index (χ3v) is 3.96. The standard InChI is InChI=1S/C15H15IN2O3/c1-21-15-5-3-2-4-11(15)8-9-17-14-7-6-12(18(19)20)10-13(14)16/h2-7,10,17H,8-9H2,1H3. The number of benzene rings is 2. The Bertz CT molecular complexity index is 647. The van der Waals surface area contributed by atoms with Gasteiger partial charge < -0.3 is 10.1 Å². The van der Waals surface area contributed by atoms with Crippen LogP contribution < -0.4 is 10.1 Å². The van der Waals surface area contributed by atoms with Crippen LogP contribution in [0.5, 0.6) is 5.75 Å². The van der Waals surface area contributed by atoms with Crippen molar-refractivity contribution in [1.82, 2.24) is 0 Å². The normalized spacial score (nSPS) is 10.2. The number of ether oxygens (including phenoxy) is 1. The van der Waals surface area contributed by atoms with Crippen LogP contribution in [0.2, 0.25) is 0 Å². The zero-order valence-electron chi connectivity index (χ0n) is 11.5. The van der Waals surface area contributed by atoms with E-state index in [0.717, 1.165) is 33.5 Å². The molecule has 0 aliphatic heterocycles. The summed E-state index contributed by atoms with van der Waals surface area (Å²) in [5.41, 5.74) is 2.13. The fourth-order valence-corrected chi connectivity index (χ4v) is 2.69. The van der Waals surface area contributed by atoms with Gasteiger partial charge in [0, 0.05) is 27.9 Å². The topological polar surface area (TPSA) is 64.4 Å². The number of rotatable bonds is 6. The molecule has 0 bridgehead atoms. The molecular formula is C15H15IN2O3. The molecule has 2 aromatic rings. The van der Waals surface area contributed by atoms with Crippen LogP contribution in [-0.2, 0) is 6.42 Å². The van der Waals surface area contributed by atoms with Crippen molar-refractivity contribution in [2.24, 2.45) is 0 Å². The van der Waals surface area contributed by atoms with Crippen molar-refractivity contribution in [3.05, 3.63) is 61.7 Å². The first-order valence-electron chi connectivity index (χ1n) is 6.41. The Hall–Kier alpha value is -1.83. The van der Waals surface area contributed by atoms with Crippen LogP contribution in [0.3, 0.4) is 0 Å². The first-order valence-corrected chi connectivity index (χ1v) is 7.49. The molecule has 0 amide bonds. The van der Waals surface area contributed by atoms with Gasteiger partial charge in [-0.25, -0.2) is 0 Å². The molecule has 0 spiro atoms. The van der Waals surface area contributed by atoms with Gasteiger partial charge in [0.05, 0.1) is 12.0 Å². The molecule has 21 heavy (non-hydrogen) atoms. The van der Waals surface area contributed by atoms with Crippen LogP contribution >= 0.6 is 22.6 Å². The minimum Gasteiger partial charge on any atom is -0.496 e. The van der Waals surface area contributed by atoms with Gasteiger partial charge in [-0.05, 0) is 46.7 Å². The fourth-order valence-electron chi connectivity index (χ4n) is 2.00. The van der Waals surface area contributed by atoms with Gasteiger partial charge >= 0.3 is 0 Å². The molecule has 0 atom stereocenters. The number of nitrogens with zero attached hydrogens (tertiary/aromatic N) is 1. The average molecular weight is 398 g/mol. The second-order valence-electron chi connectivity index (χ2n) is 4.41. The first kappa shape index (κ1) is 15.6. The van der Waals surface area contributed by atoms with Gasteiger partial charge in [-0.15, -0.1) is 0 Å². The molecular weight excluding hydrogens is 383 g/mol. The Balaban J connectivity index is 1.99. The van der Waals surface area contributed by atoms with Crippen molar-refractivity contribution in [3.63, 3.8) is 0 Å². The summed E-state index contributed by atoms with van der Waals surface area (Å²) in [6.45, 7) is 0.730. The number of nitro benzene ring substituents is 1. The number of halogens is 1. The Morgan fingerprint density at radius 2 is 2.05 bits per heavy atom. The molecule has 0 aromatic heterocycles. The number of non-ortho nitro benzene ring substituents is 1. The van der Waals surface area contributed by atoms with E-state index < -0.39 is 0 Å². The quantitative estimate of drug-likeness (QED) is 0.456. The monoisotopic (exact) mass is 398 g/mol. The molecule has 2 rings (SSSR count). The highest BCUT2D eigenvalue weighted by atomic mass is 127. The Morgan fingerprint density at radius 1 is 1.29 bits per heavy atom. The number of anilines is 1. The van der Waals surface area contributed by atoms with Crippen LogP contribution in [0.15, 0.2) is 42.5 Å². The van der Waals surface area contributed by atoms with Gasteiger partial charge in [0.15, 0.2) is 0 Å². The van der Waals surface area contributed by atoms with Crippen molar-refractivity contribution in [1.29, 1.82) is 0 Å². The lowest BCUT2D eigenvalue weighted by Crippen LogP contribution is -2.07. The van der Waals surface area contributed by atoms with Gasteiger partial charge in [-0.1, -0.05) is 18.2 Å². The van der Waals surface area contributed by atoms with E-state index in [0.29, 0.717) is 0 Å². The number of nitrogens with one attached hydrogen (secondary N) is 1. The van der Waals surface area contributed by atoms with Crippen LogP contribution in [0.4, 0.5) is 11.4 Å². The molecule has 0 saturated heterocycles.